The van der Waals surface area contributed by atoms with Gasteiger partial charge in [0.1, 0.15) is 0 Å². The summed E-state index contributed by atoms with van der Waals surface area (Å²) in [5.74, 6) is 0. The first kappa shape index (κ1) is 69.5. The molecule has 0 spiro atoms. The first-order valence-corrected chi connectivity index (χ1v) is 31.1. The van der Waals surface area contributed by atoms with Crippen molar-refractivity contribution in [1.82, 2.24) is 69.1 Å². The molecule has 13 N–H and O–H groups in total. The Labute approximate surface area is 437 Å². The van der Waals surface area contributed by atoms with Gasteiger partial charge < -0.3 is 69.1 Å². The molecule has 0 heterocycles. The van der Waals surface area contributed by atoms with Crippen molar-refractivity contribution < 1.29 is 0 Å². The molecule has 13 nitrogen and oxygen atoms in total. The van der Waals surface area contributed by atoms with Crippen LogP contribution < -0.4 is 69.1 Å². The Bertz CT molecular complexity index is 808. The molecule has 70 heavy (non-hydrogen) atoms. The first-order valence-electron chi connectivity index (χ1n) is 31.1. The molecule has 0 aliphatic carbocycles. The van der Waals surface area contributed by atoms with Crippen LogP contribution in [-0.2, 0) is 0 Å². The summed E-state index contributed by atoms with van der Waals surface area (Å²) in [7, 11) is 0. The molecular weight excluding hydrogens is 867 g/mol. The lowest BCUT2D eigenvalue weighted by atomic mass is 10.1. The lowest BCUT2D eigenvalue weighted by Gasteiger charge is -2.08. The Hall–Kier alpha value is -0.520. The Kier molecular flexibility index (Phi) is 68.0. The molecule has 0 saturated heterocycles. The van der Waals surface area contributed by atoms with Gasteiger partial charge in [-0.05, 0) is 331 Å². The SMILES string of the molecule is CCCCCCCNCCCCNCCCCNCCCCNCCCCNCCCCNCCCCNCCCCNCCCCNCCCCNCCCCNCCCCNCCCCNCC. The Morgan fingerprint density at radius 1 is 0.129 bits per heavy atom. The highest BCUT2D eigenvalue weighted by Gasteiger charge is 1.98. The highest BCUT2D eigenvalue weighted by molar-refractivity contribution is 4.61. The van der Waals surface area contributed by atoms with Crippen molar-refractivity contribution in [3.8, 4) is 0 Å². The minimum absolute atomic E-state index is 1.09. The third kappa shape index (κ3) is 67.5. The van der Waals surface area contributed by atoms with E-state index in [2.05, 4.69) is 83.0 Å². The Morgan fingerprint density at radius 2 is 0.243 bits per heavy atom. The number of hydrogen-bond acceptors (Lipinski definition) is 13. The maximum absolute atomic E-state index is 3.64. The minimum Gasteiger partial charge on any atom is -0.317 e. The normalized spacial score (nSPS) is 11.7. The molecular formula is C57H129N13. The fraction of sp³-hybridized carbons (Fsp3) is 1.00. The van der Waals surface area contributed by atoms with Gasteiger partial charge in [0.15, 0.2) is 0 Å². The molecule has 0 aromatic heterocycles. The van der Waals surface area contributed by atoms with Crippen LogP contribution in [0.1, 0.15) is 200 Å². The van der Waals surface area contributed by atoms with Gasteiger partial charge in [-0.3, -0.25) is 0 Å². The molecule has 0 aromatic rings. The second-order valence-corrected chi connectivity index (χ2v) is 20.3. The lowest BCUT2D eigenvalue weighted by Crippen LogP contribution is -2.23. The van der Waals surface area contributed by atoms with E-state index in [1.807, 2.05) is 0 Å². The van der Waals surface area contributed by atoms with E-state index in [4.69, 9.17) is 0 Å². The lowest BCUT2D eigenvalue weighted by molar-refractivity contribution is 0.525. The summed E-state index contributed by atoms with van der Waals surface area (Å²) in [4.78, 5) is 0. The standard InChI is InChI=1S/C57H129N13/c1-3-5-6-7-8-34-59-36-11-12-38-61-40-15-16-42-63-44-19-20-46-65-48-23-24-50-67-52-27-28-54-69-56-31-32-57-70-55-30-29-53-68-51-26-25-49-66-47-22-21-45-64-43-18-17-41-62-39-14-13-37-60-35-10-9-33-58-4-2/h58-70H,3-57H2,1-2H3. The molecule has 0 amide bonds. The van der Waals surface area contributed by atoms with Crippen LogP contribution in [0.5, 0.6) is 0 Å². The highest BCUT2D eigenvalue weighted by atomic mass is 14.9. The minimum atomic E-state index is 1.09. The first-order chi connectivity index (χ1) is 34.9. The third-order valence-corrected chi connectivity index (χ3v) is 13.2. The van der Waals surface area contributed by atoms with Crippen molar-refractivity contribution in [1.29, 1.82) is 0 Å². The van der Waals surface area contributed by atoms with Crippen LogP contribution in [0.4, 0.5) is 0 Å². The van der Waals surface area contributed by atoms with E-state index in [1.165, 1.54) is 206 Å². The monoisotopic (exact) mass is 996 g/mol. The smallest absolute Gasteiger partial charge is 0.00484 e. The second-order valence-electron chi connectivity index (χ2n) is 20.3. The fourth-order valence-electron chi connectivity index (χ4n) is 8.53. The fourth-order valence-corrected chi connectivity index (χ4v) is 8.53. The van der Waals surface area contributed by atoms with Gasteiger partial charge in [0.25, 0.3) is 0 Å². The van der Waals surface area contributed by atoms with Crippen molar-refractivity contribution in [3.63, 3.8) is 0 Å². The summed E-state index contributed by atoms with van der Waals surface area (Å²) in [6.45, 7) is 34.5. The zero-order valence-electron chi connectivity index (χ0n) is 47.4. The molecule has 0 saturated carbocycles. The molecule has 0 bridgehead atoms. The van der Waals surface area contributed by atoms with Gasteiger partial charge in [-0.15, -0.1) is 0 Å². The van der Waals surface area contributed by atoms with Crippen LogP contribution in [0.15, 0.2) is 0 Å². The van der Waals surface area contributed by atoms with Gasteiger partial charge in [0.05, 0.1) is 0 Å². The zero-order valence-corrected chi connectivity index (χ0v) is 47.4. The summed E-state index contributed by atoms with van der Waals surface area (Å²) in [6, 6.07) is 0. The van der Waals surface area contributed by atoms with Gasteiger partial charge >= 0.3 is 0 Å². The molecule has 0 rings (SSSR count). The number of unbranched alkanes of at least 4 members (excludes halogenated alkanes) is 16. The second kappa shape index (κ2) is 68.5. The van der Waals surface area contributed by atoms with Crippen LogP contribution in [0, 0.1) is 0 Å². The average Bonchev–Trinajstić information content (AvgIpc) is 3.37. The number of rotatable bonds is 67. The van der Waals surface area contributed by atoms with E-state index in [-0.39, 0.29) is 0 Å². The van der Waals surface area contributed by atoms with E-state index >= 15 is 0 Å². The predicted octanol–water partition coefficient (Wildman–Crippen LogP) is 7.00. The summed E-state index contributed by atoms with van der Waals surface area (Å²) < 4.78 is 0. The van der Waals surface area contributed by atoms with E-state index in [0.29, 0.717) is 0 Å². The summed E-state index contributed by atoms with van der Waals surface area (Å²) >= 11 is 0. The van der Waals surface area contributed by atoms with Gasteiger partial charge in [-0.2, -0.15) is 0 Å². The summed E-state index contributed by atoms with van der Waals surface area (Å²) in [5.41, 5.74) is 0. The molecule has 0 radical (unpaired) electrons. The Morgan fingerprint density at radius 3 is 0.371 bits per heavy atom. The molecule has 0 aliphatic rings. The Balaban J connectivity index is 3.07. The molecule has 0 unspecified atom stereocenters. The molecule has 422 valence electrons. The van der Waals surface area contributed by atoms with E-state index in [1.54, 1.807) is 0 Å². The summed E-state index contributed by atoms with van der Waals surface area (Å²) in [6.07, 6.45) is 37.5. The number of nitrogens with one attached hydrogen (secondary N) is 13. The third-order valence-electron chi connectivity index (χ3n) is 13.2. The van der Waals surface area contributed by atoms with Crippen LogP contribution in [0.3, 0.4) is 0 Å². The number of hydrogen-bond donors (Lipinski definition) is 13. The van der Waals surface area contributed by atoms with E-state index < -0.39 is 0 Å². The van der Waals surface area contributed by atoms with Crippen molar-refractivity contribution in [2.45, 2.75) is 200 Å². The maximum atomic E-state index is 3.64. The summed E-state index contributed by atoms with van der Waals surface area (Å²) in [5, 5.41) is 46.9. The predicted molar refractivity (Wildman–Crippen MR) is 313 cm³/mol. The van der Waals surface area contributed by atoms with Crippen molar-refractivity contribution in [2.75, 3.05) is 170 Å². The van der Waals surface area contributed by atoms with Gasteiger partial charge in [0, 0.05) is 0 Å². The van der Waals surface area contributed by atoms with E-state index in [0.717, 1.165) is 151 Å². The topological polar surface area (TPSA) is 156 Å². The van der Waals surface area contributed by atoms with Gasteiger partial charge in [-0.25, -0.2) is 0 Å². The van der Waals surface area contributed by atoms with E-state index in [9.17, 15) is 0 Å². The molecule has 0 aromatic carbocycles. The largest absolute Gasteiger partial charge is 0.317 e. The van der Waals surface area contributed by atoms with Crippen molar-refractivity contribution >= 4 is 0 Å². The highest BCUT2D eigenvalue weighted by Crippen LogP contribution is 2.01. The van der Waals surface area contributed by atoms with Crippen molar-refractivity contribution in [3.05, 3.63) is 0 Å². The molecule has 0 atom stereocenters. The van der Waals surface area contributed by atoms with Crippen LogP contribution >= 0.6 is 0 Å². The molecule has 13 heteroatoms. The molecule has 0 fully saturated rings. The van der Waals surface area contributed by atoms with Crippen LogP contribution in [0.2, 0.25) is 0 Å². The maximum Gasteiger partial charge on any atom is -0.00484 e. The van der Waals surface area contributed by atoms with Crippen LogP contribution in [0.25, 0.3) is 0 Å². The zero-order chi connectivity index (χ0) is 50.1. The average molecular weight is 997 g/mol. The van der Waals surface area contributed by atoms with Gasteiger partial charge in [-0.1, -0.05) is 39.5 Å². The van der Waals surface area contributed by atoms with Crippen molar-refractivity contribution in [2.24, 2.45) is 0 Å². The molecule has 0 aliphatic heterocycles. The quantitative estimate of drug-likeness (QED) is 0.0283. The van der Waals surface area contributed by atoms with Crippen LogP contribution in [-0.4, -0.2) is 170 Å². The van der Waals surface area contributed by atoms with Gasteiger partial charge in [0.2, 0.25) is 0 Å².